The Labute approximate surface area is 200 Å². The zero-order valence-electron chi connectivity index (χ0n) is 15.6. The number of nitrogens with one attached hydrogen (secondary N) is 3. The first-order valence-electron chi connectivity index (χ1n) is 8.34. The molecule has 3 aromatic rings. The van der Waals surface area contributed by atoms with Gasteiger partial charge in [0.1, 0.15) is 0 Å². The summed E-state index contributed by atoms with van der Waals surface area (Å²) >= 11 is 0. The number of aliphatic carboxylic acids is 1. The number of carboxylic acids is 1. The van der Waals surface area contributed by atoms with Gasteiger partial charge in [0.15, 0.2) is 0 Å². The number of H-pyrrole nitrogens is 1. The van der Waals surface area contributed by atoms with Gasteiger partial charge in [0, 0.05) is 29.2 Å². The third kappa shape index (κ3) is 5.43. The van der Waals surface area contributed by atoms with Crippen molar-refractivity contribution in [3.63, 3.8) is 0 Å². The van der Waals surface area contributed by atoms with Crippen molar-refractivity contribution in [2.24, 2.45) is 0 Å². The van der Waals surface area contributed by atoms with Gasteiger partial charge in [-0.1, -0.05) is 30.3 Å². The van der Waals surface area contributed by atoms with Gasteiger partial charge >= 0.3 is 57.4 Å². The Balaban J connectivity index is 0.00000261. The molecular formula is C20H20KN3O3. The molecule has 134 valence electrons. The molecule has 0 radical (unpaired) electrons. The minimum atomic E-state index is -1.33. The van der Waals surface area contributed by atoms with Crippen LogP contribution in [0.5, 0.6) is 0 Å². The number of hydrogen-bond acceptors (Lipinski definition) is 3. The van der Waals surface area contributed by atoms with Crippen LogP contribution in [0.15, 0.2) is 48.7 Å². The molecule has 0 aliphatic heterocycles. The first kappa shape index (κ1) is 21.7. The summed E-state index contributed by atoms with van der Waals surface area (Å²) in [6.45, 7) is 3.79. The quantitative estimate of drug-likeness (QED) is 0.502. The van der Waals surface area contributed by atoms with Crippen LogP contribution in [0.2, 0.25) is 0 Å². The number of aryl methyl sites for hydroxylation is 2. The summed E-state index contributed by atoms with van der Waals surface area (Å²) in [4.78, 5) is 26.9. The summed E-state index contributed by atoms with van der Waals surface area (Å²) in [5.74, 6) is -1.33. The number of carbonyl (C=O) groups is 2. The van der Waals surface area contributed by atoms with Gasteiger partial charge in [-0.25, -0.2) is 4.79 Å². The minimum Gasteiger partial charge on any atom is -0.548 e. The van der Waals surface area contributed by atoms with E-state index in [0.717, 1.165) is 27.6 Å². The monoisotopic (exact) mass is 389 g/mol. The molecule has 2 aromatic carbocycles. The fourth-order valence-corrected chi connectivity index (χ4v) is 2.90. The van der Waals surface area contributed by atoms with Crippen LogP contribution in [0.25, 0.3) is 10.9 Å². The van der Waals surface area contributed by atoms with Gasteiger partial charge in [-0.3, -0.25) is 0 Å². The van der Waals surface area contributed by atoms with Gasteiger partial charge < -0.3 is 25.5 Å². The van der Waals surface area contributed by atoms with E-state index in [2.05, 4.69) is 15.6 Å². The number of hydrogen-bond donors (Lipinski definition) is 3. The van der Waals surface area contributed by atoms with Crippen LogP contribution in [-0.2, 0) is 11.2 Å². The molecule has 0 bridgehead atoms. The van der Waals surface area contributed by atoms with Crippen LogP contribution in [0.4, 0.5) is 10.5 Å². The number of rotatable bonds is 5. The van der Waals surface area contributed by atoms with Crippen molar-refractivity contribution in [1.82, 2.24) is 10.3 Å². The fraction of sp³-hybridized carbons (Fsp3) is 0.200. The van der Waals surface area contributed by atoms with Crippen LogP contribution < -0.4 is 67.1 Å². The third-order valence-corrected chi connectivity index (χ3v) is 4.33. The second-order valence-corrected chi connectivity index (χ2v) is 6.35. The summed E-state index contributed by atoms with van der Waals surface area (Å²) < 4.78 is 0. The van der Waals surface area contributed by atoms with Gasteiger partial charge in [0.25, 0.3) is 0 Å². The van der Waals surface area contributed by atoms with Crippen LogP contribution in [0.3, 0.4) is 0 Å². The summed E-state index contributed by atoms with van der Waals surface area (Å²) in [6.07, 6.45) is 1.89. The van der Waals surface area contributed by atoms with Crippen molar-refractivity contribution in [1.29, 1.82) is 0 Å². The Bertz CT molecular complexity index is 968. The van der Waals surface area contributed by atoms with E-state index in [4.69, 9.17) is 0 Å². The van der Waals surface area contributed by atoms with Crippen molar-refractivity contribution in [2.75, 3.05) is 5.32 Å². The topological polar surface area (TPSA) is 97.1 Å². The van der Waals surface area contributed by atoms with E-state index in [1.165, 1.54) is 0 Å². The molecular weight excluding hydrogens is 369 g/mol. The molecule has 3 N–H and O–H groups in total. The average molecular weight is 389 g/mol. The van der Waals surface area contributed by atoms with Crippen LogP contribution in [0, 0.1) is 13.8 Å². The number of carbonyl (C=O) groups excluding carboxylic acids is 2. The van der Waals surface area contributed by atoms with Gasteiger partial charge in [-0.2, -0.15) is 0 Å². The second kappa shape index (κ2) is 9.52. The largest absolute Gasteiger partial charge is 1.00 e. The van der Waals surface area contributed by atoms with Gasteiger partial charge in [0.05, 0.1) is 12.0 Å². The summed E-state index contributed by atoms with van der Waals surface area (Å²) in [5, 5.41) is 17.6. The van der Waals surface area contributed by atoms with Crippen molar-refractivity contribution >= 4 is 28.6 Å². The molecule has 6 nitrogen and oxygen atoms in total. The van der Waals surface area contributed by atoms with E-state index in [-0.39, 0.29) is 57.8 Å². The molecule has 7 heteroatoms. The zero-order valence-corrected chi connectivity index (χ0v) is 18.8. The number of aromatic amines is 1. The Morgan fingerprint density at radius 3 is 2.63 bits per heavy atom. The molecule has 3 rings (SSSR count). The van der Waals surface area contributed by atoms with E-state index in [9.17, 15) is 14.7 Å². The first-order chi connectivity index (χ1) is 12.4. The van der Waals surface area contributed by atoms with Crippen LogP contribution >= 0.6 is 0 Å². The predicted molar refractivity (Wildman–Crippen MR) is 98.9 cm³/mol. The maximum absolute atomic E-state index is 12.3. The normalized spacial score (nSPS) is 11.5. The molecule has 27 heavy (non-hydrogen) atoms. The fourth-order valence-electron chi connectivity index (χ4n) is 2.90. The van der Waals surface area contributed by atoms with Crippen molar-refractivity contribution < 1.29 is 66.1 Å². The number of urea groups is 1. The number of para-hydroxylation sites is 1. The van der Waals surface area contributed by atoms with E-state index in [1.807, 2.05) is 56.3 Å². The molecule has 1 heterocycles. The number of benzene rings is 2. The third-order valence-electron chi connectivity index (χ3n) is 4.33. The van der Waals surface area contributed by atoms with Crippen molar-refractivity contribution in [3.05, 3.63) is 65.4 Å². The van der Waals surface area contributed by atoms with Crippen molar-refractivity contribution in [3.8, 4) is 0 Å². The molecule has 0 fully saturated rings. The molecule has 0 saturated heterocycles. The Kier molecular flexibility index (Phi) is 7.64. The second-order valence-electron chi connectivity index (χ2n) is 6.35. The molecule has 1 atom stereocenters. The first-order valence-corrected chi connectivity index (χ1v) is 8.34. The zero-order chi connectivity index (χ0) is 18.7. The van der Waals surface area contributed by atoms with Gasteiger partial charge in [0.2, 0.25) is 0 Å². The molecule has 0 unspecified atom stereocenters. The number of anilines is 1. The maximum atomic E-state index is 12.3. The van der Waals surface area contributed by atoms with Crippen molar-refractivity contribution in [2.45, 2.75) is 26.3 Å². The molecule has 0 saturated carbocycles. The number of aromatic nitrogens is 1. The number of carboxylic acid groups (broad SMARTS) is 1. The molecule has 0 spiro atoms. The van der Waals surface area contributed by atoms with E-state index < -0.39 is 18.0 Å². The van der Waals surface area contributed by atoms with E-state index in [1.54, 1.807) is 6.20 Å². The van der Waals surface area contributed by atoms with E-state index in [0.29, 0.717) is 5.69 Å². The van der Waals surface area contributed by atoms with Crippen LogP contribution in [0.1, 0.15) is 16.7 Å². The Morgan fingerprint density at radius 2 is 1.89 bits per heavy atom. The van der Waals surface area contributed by atoms with Gasteiger partial charge in [-0.05, 0) is 42.7 Å². The summed E-state index contributed by atoms with van der Waals surface area (Å²) in [5.41, 5.74) is 4.27. The van der Waals surface area contributed by atoms with Gasteiger partial charge in [-0.15, -0.1) is 0 Å². The molecule has 0 aliphatic carbocycles. The Morgan fingerprint density at radius 1 is 1.15 bits per heavy atom. The summed E-state index contributed by atoms with van der Waals surface area (Å²) in [7, 11) is 0. The van der Waals surface area contributed by atoms with E-state index >= 15 is 0 Å². The van der Waals surface area contributed by atoms with Crippen LogP contribution in [-0.4, -0.2) is 23.0 Å². The Hall–Kier alpha value is -1.64. The SMILES string of the molecule is Cc1ccc(C)c(NC(=O)N[C@@H](Cc2c[nH]c3ccccc23)C(=O)[O-])c1.[K+]. The predicted octanol–water partition coefficient (Wildman–Crippen LogP) is -0.729. The molecule has 1 aromatic heterocycles. The standard InChI is InChI=1S/C20H21N3O3.K/c1-12-7-8-13(2)17(9-12)22-20(26)23-18(19(24)25)10-14-11-21-16-6-4-3-5-15(14)16;/h3-9,11,18,21H,10H2,1-2H3,(H,24,25)(H2,22,23,26);/q;+1/p-1/t18-;/m0./s1. The maximum Gasteiger partial charge on any atom is 1.00 e. The average Bonchev–Trinajstić information content (AvgIpc) is 3.00. The number of amides is 2. The summed E-state index contributed by atoms with van der Waals surface area (Å²) in [6, 6.07) is 11.6. The number of fused-ring (bicyclic) bond motifs is 1. The minimum absolute atomic E-state index is 0. The molecule has 0 aliphatic rings. The smallest absolute Gasteiger partial charge is 0.548 e. The molecule has 2 amide bonds.